The van der Waals surface area contributed by atoms with Crippen molar-refractivity contribution in [2.45, 2.75) is 13.8 Å². The maximum absolute atomic E-state index is 8.74. The van der Waals surface area contributed by atoms with Crippen LogP contribution in [-0.2, 0) is 20.9 Å². The molecule has 0 radical (unpaired) electrons. The summed E-state index contributed by atoms with van der Waals surface area (Å²) in [6, 6.07) is 0. The fraction of sp³-hybridized carbons (Fsp3) is 1.00. The molecule has 5 heteroatoms. The SMILES string of the molecule is CCOP(=S)(CO)OCC. The lowest BCUT2D eigenvalue weighted by Gasteiger charge is -2.17. The van der Waals surface area contributed by atoms with E-state index in [0.717, 1.165) is 0 Å². The quantitative estimate of drug-likeness (QED) is 0.654. The first kappa shape index (κ1) is 10.5. The summed E-state index contributed by atoms with van der Waals surface area (Å²) >= 11 is 4.92. The van der Waals surface area contributed by atoms with Gasteiger partial charge in [-0.15, -0.1) is 0 Å². The highest BCUT2D eigenvalue weighted by Crippen LogP contribution is 2.46. The number of rotatable bonds is 5. The van der Waals surface area contributed by atoms with E-state index in [4.69, 9.17) is 26.0 Å². The summed E-state index contributed by atoms with van der Waals surface area (Å²) in [4.78, 5) is 0. The molecule has 0 unspecified atom stereocenters. The largest absolute Gasteiger partial charge is 0.386 e. The van der Waals surface area contributed by atoms with Crippen LogP contribution in [0.4, 0.5) is 0 Å². The van der Waals surface area contributed by atoms with Gasteiger partial charge < -0.3 is 14.2 Å². The molecule has 3 nitrogen and oxygen atoms in total. The highest BCUT2D eigenvalue weighted by atomic mass is 32.5. The number of hydrogen-bond acceptors (Lipinski definition) is 4. The van der Waals surface area contributed by atoms with Crippen LogP contribution >= 0.6 is 6.49 Å². The molecular formula is C5H13O3PS. The molecule has 10 heavy (non-hydrogen) atoms. The summed E-state index contributed by atoms with van der Waals surface area (Å²) in [6.07, 6.45) is -0.177. The third kappa shape index (κ3) is 3.64. The predicted molar refractivity (Wildman–Crippen MR) is 44.6 cm³/mol. The number of aliphatic hydroxyl groups is 1. The standard InChI is InChI=1S/C5H13O3PS/c1-3-7-9(10,5-6)8-4-2/h6H,3-5H2,1-2H3. The lowest BCUT2D eigenvalue weighted by molar-refractivity contribution is 0.234. The highest BCUT2D eigenvalue weighted by molar-refractivity contribution is 8.09. The molecule has 0 fully saturated rings. The third-order valence-electron chi connectivity index (χ3n) is 0.825. The molecule has 0 heterocycles. The van der Waals surface area contributed by atoms with Gasteiger partial charge in [0.2, 0.25) is 6.49 Å². The minimum atomic E-state index is -2.31. The summed E-state index contributed by atoms with van der Waals surface area (Å²) < 4.78 is 10.1. The third-order valence-corrected chi connectivity index (χ3v) is 3.45. The van der Waals surface area contributed by atoms with E-state index in [2.05, 4.69) is 0 Å². The molecule has 0 aromatic heterocycles. The summed E-state index contributed by atoms with van der Waals surface area (Å²) in [5.74, 6) is 0. The Bertz CT molecular complexity index is 118. The first-order valence-corrected chi connectivity index (χ1v) is 6.00. The molecule has 0 aliphatic heterocycles. The van der Waals surface area contributed by atoms with Gasteiger partial charge in [-0.1, -0.05) is 0 Å². The van der Waals surface area contributed by atoms with Gasteiger partial charge in [0.25, 0.3) is 0 Å². The number of aliphatic hydroxyl groups excluding tert-OH is 1. The topological polar surface area (TPSA) is 38.7 Å². The molecule has 0 aromatic carbocycles. The van der Waals surface area contributed by atoms with E-state index in [9.17, 15) is 0 Å². The first-order chi connectivity index (χ1) is 4.68. The second kappa shape index (κ2) is 5.22. The molecule has 1 N–H and O–H groups in total. The van der Waals surface area contributed by atoms with Gasteiger partial charge in [0.1, 0.15) is 6.35 Å². The van der Waals surface area contributed by atoms with E-state index >= 15 is 0 Å². The van der Waals surface area contributed by atoms with Crippen molar-refractivity contribution in [3.8, 4) is 0 Å². The van der Waals surface area contributed by atoms with Crippen LogP contribution in [0.15, 0.2) is 0 Å². The van der Waals surface area contributed by atoms with Crippen LogP contribution in [0.3, 0.4) is 0 Å². The zero-order valence-corrected chi connectivity index (χ0v) is 7.95. The summed E-state index contributed by atoms with van der Waals surface area (Å²) in [6.45, 7) is 2.34. The first-order valence-electron chi connectivity index (χ1n) is 3.17. The van der Waals surface area contributed by atoms with Crippen molar-refractivity contribution < 1.29 is 14.2 Å². The van der Waals surface area contributed by atoms with Crippen molar-refractivity contribution in [2.75, 3.05) is 19.6 Å². The summed E-state index contributed by atoms with van der Waals surface area (Å²) in [5.41, 5.74) is 0. The van der Waals surface area contributed by atoms with E-state index in [1.54, 1.807) is 0 Å². The van der Waals surface area contributed by atoms with Crippen LogP contribution in [-0.4, -0.2) is 24.7 Å². The molecule has 0 amide bonds. The molecule has 0 aliphatic carbocycles. The Morgan fingerprint density at radius 3 is 1.90 bits per heavy atom. The molecule has 0 aromatic rings. The minimum Gasteiger partial charge on any atom is -0.386 e. The van der Waals surface area contributed by atoms with E-state index in [1.165, 1.54) is 0 Å². The second-order valence-electron chi connectivity index (χ2n) is 1.59. The molecule has 0 saturated heterocycles. The van der Waals surface area contributed by atoms with E-state index in [-0.39, 0.29) is 6.35 Å². The predicted octanol–water partition coefficient (Wildman–Crippen LogP) is 1.32. The molecular weight excluding hydrogens is 171 g/mol. The Kier molecular flexibility index (Phi) is 5.49. The molecule has 0 spiro atoms. The fourth-order valence-electron chi connectivity index (χ4n) is 0.512. The van der Waals surface area contributed by atoms with E-state index in [0.29, 0.717) is 13.2 Å². The van der Waals surface area contributed by atoms with Crippen LogP contribution in [0.5, 0.6) is 0 Å². The normalized spacial score (nSPS) is 11.9. The van der Waals surface area contributed by atoms with Crippen molar-refractivity contribution >= 4 is 18.3 Å². The Balaban J connectivity index is 3.83. The maximum Gasteiger partial charge on any atom is 0.214 e. The molecule has 0 atom stereocenters. The Morgan fingerprint density at radius 2 is 1.70 bits per heavy atom. The zero-order valence-electron chi connectivity index (χ0n) is 6.24. The molecule has 0 saturated carbocycles. The van der Waals surface area contributed by atoms with Crippen LogP contribution < -0.4 is 0 Å². The summed E-state index contributed by atoms with van der Waals surface area (Å²) in [7, 11) is 0. The lowest BCUT2D eigenvalue weighted by Crippen LogP contribution is -1.98. The van der Waals surface area contributed by atoms with Crippen molar-refractivity contribution in [1.29, 1.82) is 0 Å². The Labute approximate surface area is 66.5 Å². The fourth-order valence-corrected chi connectivity index (χ4v) is 2.17. The molecule has 0 rings (SSSR count). The van der Waals surface area contributed by atoms with Crippen molar-refractivity contribution in [3.05, 3.63) is 0 Å². The van der Waals surface area contributed by atoms with Gasteiger partial charge in [0.05, 0.1) is 13.2 Å². The van der Waals surface area contributed by atoms with Gasteiger partial charge in [0, 0.05) is 0 Å². The van der Waals surface area contributed by atoms with Gasteiger partial charge >= 0.3 is 0 Å². The maximum atomic E-state index is 8.74. The lowest BCUT2D eigenvalue weighted by atomic mass is 10.9. The molecule has 0 bridgehead atoms. The monoisotopic (exact) mass is 184 g/mol. The van der Waals surface area contributed by atoms with Gasteiger partial charge in [-0.2, -0.15) is 0 Å². The summed E-state index contributed by atoms with van der Waals surface area (Å²) in [5, 5.41) is 8.74. The van der Waals surface area contributed by atoms with Crippen LogP contribution in [0.25, 0.3) is 0 Å². The molecule has 62 valence electrons. The van der Waals surface area contributed by atoms with E-state index in [1.807, 2.05) is 13.8 Å². The average molecular weight is 184 g/mol. The van der Waals surface area contributed by atoms with Crippen molar-refractivity contribution in [1.82, 2.24) is 0 Å². The number of hydrogen-bond donors (Lipinski definition) is 1. The smallest absolute Gasteiger partial charge is 0.214 e. The highest BCUT2D eigenvalue weighted by Gasteiger charge is 2.14. The van der Waals surface area contributed by atoms with Crippen LogP contribution in [0.1, 0.15) is 13.8 Å². The second-order valence-corrected chi connectivity index (χ2v) is 5.28. The Hall–Kier alpha value is 0.530. The van der Waals surface area contributed by atoms with Crippen LogP contribution in [0, 0.1) is 0 Å². The molecule has 0 aliphatic rings. The van der Waals surface area contributed by atoms with Crippen LogP contribution in [0.2, 0.25) is 0 Å². The van der Waals surface area contributed by atoms with Crippen molar-refractivity contribution in [2.24, 2.45) is 0 Å². The van der Waals surface area contributed by atoms with Gasteiger partial charge in [-0.05, 0) is 25.7 Å². The minimum absolute atomic E-state index is 0.177. The van der Waals surface area contributed by atoms with Gasteiger partial charge in [0.15, 0.2) is 0 Å². The zero-order chi connectivity index (χ0) is 8.04. The van der Waals surface area contributed by atoms with Gasteiger partial charge in [-0.3, -0.25) is 0 Å². The van der Waals surface area contributed by atoms with E-state index < -0.39 is 6.49 Å². The van der Waals surface area contributed by atoms with Gasteiger partial charge in [-0.25, -0.2) is 0 Å². The van der Waals surface area contributed by atoms with Crippen molar-refractivity contribution in [3.63, 3.8) is 0 Å². The Morgan fingerprint density at radius 1 is 1.30 bits per heavy atom. The average Bonchev–Trinajstić information content (AvgIpc) is 1.89.